The fourth-order valence-electron chi connectivity index (χ4n) is 2.99. The molecule has 0 aliphatic carbocycles. The average Bonchev–Trinajstić information content (AvgIpc) is 2.89. The number of para-hydroxylation sites is 1. The number of hydrogen-bond donors (Lipinski definition) is 1. The largest absolute Gasteiger partial charge is 0.483 e. The summed E-state index contributed by atoms with van der Waals surface area (Å²) in [5.74, 6) is 0.777. The molecule has 7 heteroatoms. The van der Waals surface area contributed by atoms with Gasteiger partial charge in [0.25, 0.3) is 11.6 Å². The maximum atomic E-state index is 12.2. The molecule has 0 fully saturated rings. The molecule has 0 saturated heterocycles. The van der Waals surface area contributed by atoms with Gasteiger partial charge >= 0.3 is 0 Å². The van der Waals surface area contributed by atoms with E-state index in [1.165, 1.54) is 12.1 Å². The minimum Gasteiger partial charge on any atom is -0.483 e. The molecule has 0 radical (unpaired) electrons. The first kappa shape index (κ1) is 17.7. The van der Waals surface area contributed by atoms with Gasteiger partial charge in [-0.2, -0.15) is 0 Å². The zero-order valence-electron chi connectivity index (χ0n) is 14.9. The number of hydrogen-bond acceptors (Lipinski definition) is 5. The van der Waals surface area contributed by atoms with E-state index in [0.29, 0.717) is 22.7 Å². The number of ether oxygens (including phenoxy) is 2. The van der Waals surface area contributed by atoms with E-state index in [2.05, 4.69) is 5.32 Å². The number of anilines is 1. The Bertz CT molecular complexity index is 876. The summed E-state index contributed by atoms with van der Waals surface area (Å²) in [6.45, 7) is 5.36. The van der Waals surface area contributed by atoms with Crippen molar-refractivity contribution >= 4 is 17.3 Å². The Labute approximate surface area is 151 Å². The molecular weight excluding hydrogens is 336 g/mol. The van der Waals surface area contributed by atoms with Crippen LogP contribution in [0.25, 0.3) is 0 Å². The lowest BCUT2D eigenvalue weighted by Gasteiger charge is -2.18. The van der Waals surface area contributed by atoms with Crippen molar-refractivity contribution in [3.8, 4) is 11.5 Å². The van der Waals surface area contributed by atoms with Crippen LogP contribution in [0, 0.1) is 17.0 Å². The number of nitrogens with one attached hydrogen (secondary N) is 1. The Morgan fingerprint density at radius 2 is 2.04 bits per heavy atom. The standard InChI is InChI=1S/C19H20N2O5/c1-12-14(7-5-8-15(12)21(23)24)20-17(22)11-25-16-9-4-6-13-10-19(2,3)26-18(13)16/h4-9H,10-11H2,1-3H3,(H,20,22). The van der Waals surface area contributed by atoms with E-state index in [9.17, 15) is 14.9 Å². The van der Waals surface area contributed by atoms with Crippen LogP contribution in [0.15, 0.2) is 36.4 Å². The zero-order chi connectivity index (χ0) is 18.9. The molecular formula is C19H20N2O5. The molecule has 7 nitrogen and oxygen atoms in total. The SMILES string of the molecule is Cc1c(NC(=O)COc2cccc3c2OC(C)(C)C3)cccc1[N+](=O)[O-]. The molecule has 136 valence electrons. The van der Waals surface area contributed by atoms with Gasteiger partial charge in [0.1, 0.15) is 5.60 Å². The minimum atomic E-state index is -0.478. The van der Waals surface area contributed by atoms with Crippen molar-refractivity contribution in [1.82, 2.24) is 0 Å². The van der Waals surface area contributed by atoms with E-state index in [4.69, 9.17) is 9.47 Å². The maximum Gasteiger partial charge on any atom is 0.274 e. The van der Waals surface area contributed by atoms with Crippen LogP contribution in [0.2, 0.25) is 0 Å². The summed E-state index contributed by atoms with van der Waals surface area (Å²) in [5, 5.41) is 13.6. The lowest BCUT2D eigenvalue weighted by Crippen LogP contribution is -2.25. The summed E-state index contributed by atoms with van der Waals surface area (Å²) in [5.41, 5.74) is 1.49. The Hall–Kier alpha value is -3.09. The second-order valence-corrected chi connectivity index (χ2v) is 6.83. The fourth-order valence-corrected chi connectivity index (χ4v) is 2.99. The number of carbonyl (C=O) groups is 1. The second-order valence-electron chi connectivity index (χ2n) is 6.83. The van der Waals surface area contributed by atoms with Crippen LogP contribution in [0.3, 0.4) is 0 Å². The molecule has 1 amide bonds. The maximum absolute atomic E-state index is 12.2. The summed E-state index contributed by atoms with van der Waals surface area (Å²) in [4.78, 5) is 22.7. The molecule has 1 heterocycles. The van der Waals surface area contributed by atoms with E-state index in [1.807, 2.05) is 26.0 Å². The molecule has 3 rings (SSSR count). The third kappa shape index (κ3) is 3.61. The highest BCUT2D eigenvalue weighted by Gasteiger charge is 2.32. The Morgan fingerprint density at radius 1 is 1.31 bits per heavy atom. The molecule has 0 atom stereocenters. The second kappa shape index (κ2) is 6.67. The predicted octanol–water partition coefficient (Wildman–Crippen LogP) is 3.63. The van der Waals surface area contributed by atoms with E-state index in [0.717, 1.165) is 12.0 Å². The molecule has 26 heavy (non-hydrogen) atoms. The van der Waals surface area contributed by atoms with Crippen LogP contribution in [-0.2, 0) is 11.2 Å². The van der Waals surface area contributed by atoms with Gasteiger partial charge in [-0.3, -0.25) is 14.9 Å². The summed E-state index contributed by atoms with van der Waals surface area (Å²) >= 11 is 0. The molecule has 0 aromatic heterocycles. The smallest absolute Gasteiger partial charge is 0.274 e. The van der Waals surface area contributed by atoms with Crippen LogP contribution < -0.4 is 14.8 Å². The van der Waals surface area contributed by atoms with Crippen LogP contribution in [-0.4, -0.2) is 23.0 Å². The lowest BCUT2D eigenvalue weighted by atomic mass is 10.0. The summed E-state index contributed by atoms with van der Waals surface area (Å²) in [7, 11) is 0. The van der Waals surface area contributed by atoms with Gasteiger partial charge in [-0.15, -0.1) is 0 Å². The highest BCUT2D eigenvalue weighted by atomic mass is 16.6. The number of amides is 1. The number of rotatable bonds is 5. The van der Waals surface area contributed by atoms with Gasteiger partial charge in [-0.1, -0.05) is 18.2 Å². The van der Waals surface area contributed by atoms with Crippen molar-refractivity contribution < 1.29 is 19.2 Å². The molecule has 0 spiro atoms. The number of carbonyl (C=O) groups excluding carboxylic acids is 1. The molecule has 0 unspecified atom stereocenters. The molecule has 0 bridgehead atoms. The first-order valence-corrected chi connectivity index (χ1v) is 8.24. The average molecular weight is 356 g/mol. The molecule has 1 N–H and O–H groups in total. The molecule has 2 aromatic rings. The summed E-state index contributed by atoms with van der Waals surface area (Å²) < 4.78 is 11.5. The topological polar surface area (TPSA) is 90.7 Å². The van der Waals surface area contributed by atoms with Crippen molar-refractivity contribution in [2.75, 3.05) is 11.9 Å². The van der Waals surface area contributed by atoms with Crippen molar-refractivity contribution in [1.29, 1.82) is 0 Å². The number of nitrogens with zero attached hydrogens (tertiary/aromatic N) is 1. The zero-order valence-corrected chi connectivity index (χ0v) is 14.9. The molecule has 0 saturated carbocycles. The number of benzene rings is 2. The van der Waals surface area contributed by atoms with Crippen molar-refractivity contribution in [2.24, 2.45) is 0 Å². The quantitative estimate of drug-likeness (QED) is 0.652. The fraction of sp³-hybridized carbons (Fsp3) is 0.316. The summed E-state index contributed by atoms with van der Waals surface area (Å²) in [6.07, 6.45) is 0.776. The first-order valence-electron chi connectivity index (χ1n) is 8.24. The van der Waals surface area contributed by atoms with Gasteiger partial charge in [0, 0.05) is 18.1 Å². The predicted molar refractivity (Wildman–Crippen MR) is 96.8 cm³/mol. The van der Waals surface area contributed by atoms with E-state index in [-0.39, 0.29) is 17.9 Å². The highest BCUT2D eigenvalue weighted by Crippen LogP contribution is 2.41. The van der Waals surface area contributed by atoms with Crippen LogP contribution >= 0.6 is 0 Å². The van der Waals surface area contributed by atoms with Gasteiger partial charge in [-0.25, -0.2) is 0 Å². The number of fused-ring (bicyclic) bond motifs is 1. The van der Waals surface area contributed by atoms with Gasteiger partial charge < -0.3 is 14.8 Å². The number of nitro groups is 1. The van der Waals surface area contributed by atoms with Crippen LogP contribution in [0.4, 0.5) is 11.4 Å². The van der Waals surface area contributed by atoms with E-state index < -0.39 is 10.8 Å². The Balaban J connectivity index is 1.68. The lowest BCUT2D eigenvalue weighted by molar-refractivity contribution is -0.385. The summed E-state index contributed by atoms with van der Waals surface area (Å²) in [6, 6.07) is 10.1. The number of nitro benzene ring substituents is 1. The van der Waals surface area contributed by atoms with Gasteiger partial charge in [-0.05, 0) is 32.9 Å². The normalized spacial score (nSPS) is 14.3. The molecule has 1 aliphatic rings. The van der Waals surface area contributed by atoms with Crippen molar-refractivity contribution in [2.45, 2.75) is 32.8 Å². The minimum absolute atomic E-state index is 0.0415. The monoisotopic (exact) mass is 356 g/mol. The van der Waals surface area contributed by atoms with E-state index in [1.54, 1.807) is 19.1 Å². The Kier molecular flexibility index (Phi) is 4.54. The molecule has 1 aliphatic heterocycles. The van der Waals surface area contributed by atoms with Crippen molar-refractivity contribution in [3.05, 3.63) is 57.6 Å². The Morgan fingerprint density at radius 3 is 2.77 bits per heavy atom. The molecule has 2 aromatic carbocycles. The van der Waals surface area contributed by atoms with Crippen LogP contribution in [0.5, 0.6) is 11.5 Å². The van der Waals surface area contributed by atoms with Gasteiger partial charge in [0.15, 0.2) is 18.1 Å². The first-order chi connectivity index (χ1) is 12.3. The van der Waals surface area contributed by atoms with Crippen LogP contribution in [0.1, 0.15) is 25.0 Å². The van der Waals surface area contributed by atoms with Gasteiger partial charge in [0.2, 0.25) is 0 Å². The van der Waals surface area contributed by atoms with Crippen molar-refractivity contribution in [3.63, 3.8) is 0 Å². The third-order valence-corrected chi connectivity index (χ3v) is 4.19. The third-order valence-electron chi connectivity index (χ3n) is 4.19. The van der Waals surface area contributed by atoms with Gasteiger partial charge in [0.05, 0.1) is 16.2 Å². The highest BCUT2D eigenvalue weighted by molar-refractivity contribution is 5.93. The van der Waals surface area contributed by atoms with E-state index >= 15 is 0 Å².